The van der Waals surface area contributed by atoms with Gasteiger partial charge in [0, 0.05) is 12.7 Å². The molecule has 1 aromatic carbocycles. The van der Waals surface area contributed by atoms with Crippen molar-refractivity contribution in [3.05, 3.63) is 34.9 Å². The van der Waals surface area contributed by atoms with Gasteiger partial charge in [0.1, 0.15) is 0 Å². The molecule has 84 valence electrons. The molecule has 0 bridgehead atoms. The highest BCUT2D eigenvalue weighted by Crippen LogP contribution is 2.42. The standard InChI is InChI=1S/C15H18O/c1-5-11-6-7-13-12(10-11)14(16-4)8-9-15(13,2)3/h1,6-7,10,14H,8-9H2,2-4H3. The molecule has 1 heteroatoms. The predicted molar refractivity (Wildman–Crippen MR) is 66.4 cm³/mol. The van der Waals surface area contributed by atoms with Crippen LogP contribution in [0.3, 0.4) is 0 Å². The van der Waals surface area contributed by atoms with Crippen LogP contribution in [0.1, 0.15) is 49.5 Å². The van der Waals surface area contributed by atoms with Crippen molar-refractivity contribution in [1.29, 1.82) is 0 Å². The second kappa shape index (κ2) is 3.96. The molecule has 1 unspecified atom stereocenters. The molecule has 0 saturated carbocycles. The van der Waals surface area contributed by atoms with Gasteiger partial charge >= 0.3 is 0 Å². The maximum atomic E-state index is 5.54. The van der Waals surface area contributed by atoms with E-state index in [1.165, 1.54) is 11.1 Å². The van der Waals surface area contributed by atoms with Crippen molar-refractivity contribution in [1.82, 2.24) is 0 Å². The van der Waals surface area contributed by atoms with Crippen LogP contribution in [0.25, 0.3) is 0 Å². The molecule has 1 atom stereocenters. The molecule has 0 radical (unpaired) electrons. The Labute approximate surface area is 97.8 Å². The Morgan fingerprint density at radius 2 is 2.19 bits per heavy atom. The molecule has 0 aromatic heterocycles. The van der Waals surface area contributed by atoms with Crippen LogP contribution in [0.2, 0.25) is 0 Å². The number of benzene rings is 1. The second-order valence-corrected chi connectivity index (χ2v) is 5.09. The molecule has 1 aromatic rings. The third kappa shape index (κ3) is 1.74. The Morgan fingerprint density at radius 1 is 1.44 bits per heavy atom. The number of rotatable bonds is 1. The maximum Gasteiger partial charge on any atom is 0.0824 e. The van der Waals surface area contributed by atoms with Crippen LogP contribution in [-0.4, -0.2) is 7.11 Å². The fourth-order valence-corrected chi connectivity index (χ4v) is 2.56. The third-order valence-corrected chi connectivity index (χ3v) is 3.61. The summed E-state index contributed by atoms with van der Waals surface area (Å²) in [5.41, 5.74) is 3.83. The normalized spacial score (nSPS) is 22.2. The fraction of sp³-hybridized carbons (Fsp3) is 0.467. The quantitative estimate of drug-likeness (QED) is 0.651. The van der Waals surface area contributed by atoms with Gasteiger partial charge in [0.15, 0.2) is 0 Å². The topological polar surface area (TPSA) is 9.23 Å². The minimum Gasteiger partial charge on any atom is -0.377 e. The second-order valence-electron chi connectivity index (χ2n) is 5.09. The summed E-state index contributed by atoms with van der Waals surface area (Å²) < 4.78 is 5.54. The zero-order chi connectivity index (χ0) is 11.8. The molecule has 0 fully saturated rings. The Bertz CT molecular complexity index is 437. The van der Waals surface area contributed by atoms with E-state index >= 15 is 0 Å². The Kier molecular flexibility index (Phi) is 2.78. The van der Waals surface area contributed by atoms with Crippen molar-refractivity contribution in [2.75, 3.05) is 7.11 Å². The van der Waals surface area contributed by atoms with Crippen LogP contribution in [-0.2, 0) is 10.2 Å². The first-order chi connectivity index (χ1) is 7.58. The van der Waals surface area contributed by atoms with Crippen molar-refractivity contribution in [3.63, 3.8) is 0 Å². The minimum absolute atomic E-state index is 0.205. The van der Waals surface area contributed by atoms with E-state index in [4.69, 9.17) is 11.2 Å². The van der Waals surface area contributed by atoms with Gasteiger partial charge in [0.2, 0.25) is 0 Å². The highest BCUT2D eigenvalue weighted by atomic mass is 16.5. The van der Waals surface area contributed by atoms with Crippen LogP contribution in [0, 0.1) is 12.3 Å². The molecule has 0 amide bonds. The van der Waals surface area contributed by atoms with Gasteiger partial charge in [-0.25, -0.2) is 0 Å². The first kappa shape index (κ1) is 11.2. The van der Waals surface area contributed by atoms with Crippen molar-refractivity contribution in [2.45, 2.75) is 38.2 Å². The molecule has 0 N–H and O–H groups in total. The van der Waals surface area contributed by atoms with E-state index in [9.17, 15) is 0 Å². The monoisotopic (exact) mass is 214 g/mol. The summed E-state index contributed by atoms with van der Waals surface area (Å²) in [5, 5.41) is 0. The molecule has 16 heavy (non-hydrogen) atoms. The van der Waals surface area contributed by atoms with E-state index in [2.05, 4.69) is 31.9 Å². The summed E-state index contributed by atoms with van der Waals surface area (Å²) in [5.74, 6) is 2.69. The number of hydrogen-bond acceptors (Lipinski definition) is 1. The largest absolute Gasteiger partial charge is 0.377 e. The average Bonchev–Trinajstić information content (AvgIpc) is 2.28. The Hall–Kier alpha value is -1.26. The van der Waals surface area contributed by atoms with Crippen LogP contribution < -0.4 is 0 Å². The van der Waals surface area contributed by atoms with E-state index in [-0.39, 0.29) is 11.5 Å². The Morgan fingerprint density at radius 3 is 2.81 bits per heavy atom. The fourth-order valence-electron chi connectivity index (χ4n) is 2.56. The summed E-state index contributed by atoms with van der Waals surface area (Å²) in [6.45, 7) is 4.57. The highest BCUT2D eigenvalue weighted by Gasteiger charge is 2.32. The molecule has 1 nitrogen and oxygen atoms in total. The lowest BCUT2D eigenvalue weighted by Gasteiger charge is -2.36. The molecule has 1 aliphatic rings. The van der Waals surface area contributed by atoms with Gasteiger partial charge in [-0.3, -0.25) is 0 Å². The van der Waals surface area contributed by atoms with Gasteiger partial charge in [-0.2, -0.15) is 0 Å². The van der Waals surface area contributed by atoms with Crippen molar-refractivity contribution in [3.8, 4) is 12.3 Å². The lowest BCUT2D eigenvalue weighted by atomic mass is 9.71. The molecular formula is C15H18O. The number of terminal acetylenes is 1. The van der Waals surface area contributed by atoms with Crippen LogP contribution in [0.5, 0.6) is 0 Å². The number of fused-ring (bicyclic) bond motifs is 1. The summed E-state index contributed by atoms with van der Waals surface area (Å²) in [7, 11) is 1.77. The number of hydrogen-bond donors (Lipinski definition) is 0. The molecule has 0 spiro atoms. The van der Waals surface area contributed by atoms with Crippen LogP contribution >= 0.6 is 0 Å². The van der Waals surface area contributed by atoms with Gasteiger partial charge in [0.05, 0.1) is 6.10 Å². The summed E-state index contributed by atoms with van der Waals surface area (Å²) in [6, 6.07) is 6.29. The van der Waals surface area contributed by atoms with E-state index < -0.39 is 0 Å². The van der Waals surface area contributed by atoms with Gasteiger partial charge in [-0.15, -0.1) is 6.42 Å². The van der Waals surface area contributed by atoms with E-state index in [1.54, 1.807) is 7.11 Å². The van der Waals surface area contributed by atoms with Gasteiger partial charge < -0.3 is 4.74 Å². The minimum atomic E-state index is 0.205. The lowest BCUT2D eigenvalue weighted by Crippen LogP contribution is -2.27. The van der Waals surface area contributed by atoms with E-state index in [0.717, 1.165) is 18.4 Å². The molecule has 0 saturated heterocycles. The predicted octanol–water partition coefficient (Wildman–Crippen LogP) is 3.43. The first-order valence-corrected chi connectivity index (χ1v) is 5.72. The average molecular weight is 214 g/mol. The first-order valence-electron chi connectivity index (χ1n) is 5.72. The SMILES string of the molecule is C#Cc1ccc2c(c1)C(OC)CCC2(C)C. The van der Waals surface area contributed by atoms with Crippen LogP contribution in [0.15, 0.2) is 18.2 Å². The zero-order valence-corrected chi connectivity index (χ0v) is 10.2. The van der Waals surface area contributed by atoms with E-state index in [1.807, 2.05) is 6.07 Å². The molecule has 2 rings (SSSR count). The lowest BCUT2D eigenvalue weighted by molar-refractivity contribution is 0.0777. The number of ether oxygens (including phenoxy) is 1. The maximum absolute atomic E-state index is 5.54. The van der Waals surface area contributed by atoms with Gasteiger partial charge in [-0.05, 0) is 41.5 Å². The van der Waals surface area contributed by atoms with E-state index in [0.29, 0.717) is 0 Å². The van der Waals surface area contributed by atoms with Crippen molar-refractivity contribution in [2.24, 2.45) is 0 Å². The molecule has 0 heterocycles. The van der Waals surface area contributed by atoms with Gasteiger partial charge in [-0.1, -0.05) is 25.8 Å². The molecular weight excluding hydrogens is 196 g/mol. The molecule has 0 aliphatic heterocycles. The van der Waals surface area contributed by atoms with Crippen molar-refractivity contribution < 1.29 is 4.74 Å². The summed E-state index contributed by atoms with van der Waals surface area (Å²) in [6.07, 6.45) is 7.89. The third-order valence-electron chi connectivity index (χ3n) is 3.61. The van der Waals surface area contributed by atoms with Crippen molar-refractivity contribution >= 4 is 0 Å². The smallest absolute Gasteiger partial charge is 0.0824 e. The Balaban J connectivity index is 2.56. The number of methoxy groups -OCH3 is 1. The highest BCUT2D eigenvalue weighted by molar-refractivity contribution is 5.45. The zero-order valence-electron chi connectivity index (χ0n) is 10.2. The summed E-state index contributed by atoms with van der Waals surface area (Å²) >= 11 is 0. The van der Waals surface area contributed by atoms with Crippen LogP contribution in [0.4, 0.5) is 0 Å². The molecule has 1 aliphatic carbocycles. The summed E-state index contributed by atoms with van der Waals surface area (Å²) in [4.78, 5) is 0. The van der Waals surface area contributed by atoms with Gasteiger partial charge in [0.25, 0.3) is 0 Å².